The van der Waals surface area contributed by atoms with Crippen molar-refractivity contribution < 1.29 is 9.59 Å². The summed E-state index contributed by atoms with van der Waals surface area (Å²) in [4.78, 5) is 23.8. The quantitative estimate of drug-likeness (QED) is 0.743. The van der Waals surface area contributed by atoms with Crippen LogP contribution in [0.5, 0.6) is 0 Å². The Morgan fingerprint density at radius 3 is 2.04 bits per heavy atom. The number of carbonyl (C=O) groups excluding carboxylic acids is 2. The lowest BCUT2D eigenvalue weighted by atomic mass is 10.2. The summed E-state index contributed by atoms with van der Waals surface area (Å²) in [7, 11) is 1.79. The number of amides is 3. The smallest absolute Gasteiger partial charge is 0.308 e. The number of rotatable bonds is 5. The van der Waals surface area contributed by atoms with Gasteiger partial charge in [0.05, 0.1) is 0 Å². The molecule has 0 aliphatic rings. The van der Waals surface area contributed by atoms with Gasteiger partial charge in [-0.3, -0.25) is 10.2 Å². The molecule has 0 heterocycles. The van der Waals surface area contributed by atoms with Gasteiger partial charge >= 0.3 is 6.03 Å². The summed E-state index contributed by atoms with van der Waals surface area (Å²) < 4.78 is 0. The van der Waals surface area contributed by atoms with E-state index >= 15 is 0 Å². The van der Waals surface area contributed by atoms with Crippen molar-refractivity contribution in [1.29, 1.82) is 0 Å². The third kappa shape index (κ3) is 5.12. The van der Waals surface area contributed by atoms with Crippen LogP contribution in [0.15, 0.2) is 54.6 Å². The summed E-state index contributed by atoms with van der Waals surface area (Å²) in [6.07, 6.45) is 0. The topological polar surface area (TPSA) is 73.5 Å². The van der Waals surface area contributed by atoms with Crippen molar-refractivity contribution in [3.05, 3.63) is 60.2 Å². The maximum absolute atomic E-state index is 11.9. The van der Waals surface area contributed by atoms with E-state index in [-0.39, 0.29) is 11.9 Å². The van der Waals surface area contributed by atoms with E-state index in [1.54, 1.807) is 48.5 Å². The Kier molecular flexibility index (Phi) is 5.71. The number of urea groups is 1. The number of hydrogen-bond acceptors (Lipinski definition) is 3. The summed E-state index contributed by atoms with van der Waals surface area (Å²) in [5.41, 5.74) is 4.58. The van der Waals surface area contributed by atoms with Crippen LogP contribution >= 0.6 is 0 Å². The molecule has 23 heavy (non-hydrogen) atoms. The minimum Gasteiger partial charge on any atom is -0.308 e. The highest BCUT2D eigenvalue weighted by atomic mass is 16.2. The van der Waals surface area contributed by atoms with Gasteiger partial charge in [-0.05, 0) is 36.4 Å². The minimum absolute atomic E-state index is 0.186. The Hall–Kier alpha value is -2.86. The first-order valence-electron chi connectivity index (χ1n) is 7.33. The number of hydrogen-bond donors (Lipinski definition) is 3. The summed E-state index contributed by atoms with van der Waals surface area (Å²) in [5, 5.41) is 7.14. The van der Waals surface area contributed by atoms with Crippen molar-refractivity contribution in [3.8, 4) is 0 Å². The van der Waals surface area contributed by atoms with Crippen LogP contribution in [0.25, 0.3) is 0 Å². The molecule has 2 rings (SSSR count). The van der Waals surface area contributed by atoms with Gasteiger partial charge in [-0.2, -0.15) is 0 Å². The van der Waals surface area contributed by atoms with E-state index in [1.165, 1.54) is 0 Å². The molecular formula is C17H20N4O2. The molecule has 0 unspecified atom stereocenters. The lowest BCUT2D eigenvalue weighted by Crippen LogP contribution is -2.38. The molecule has 0 aliphatic heterocycles. The number of nitrogens with one attached hydrogen (secondary N) is 3. The van der Waals surface area contributed by atoms with Gasteiger partial charge in [-0.1, -0.05) is 25.1 Å². The van der Waals surface area contributed by atoms with Crippen molar-refractivity contribution in [2.75, 3.05) is 24.2 Å². The molecule has 2 aromatic carbocycles. The van der Waals surface area contributed by atoms with E-state index in [0.29, 0.717) is 23.5 Å². The van der Waals surface area contributed by atoms with Gasteiger partial charge < -0.3 is 10.6 Å². The van der Waals surface area contributed by atoms with Crippen LogP contribution in [-0.4, -0.2) is 30.5 Å². The van der Waals surface area contributed by atoms with E-state index in [2.05, 4.69) is 16.1 Å². The Bertz CT molecular complexity index is 656. The number of para-hydroxylation sites is 1. The molecule has 0 radical (unpaired) electrons. The minimum atomic E-state index is -0.334. The molecule has 0 atom stereocenters. The normalized spacial score (nSPS) is 10.2. The SMILES string of the molecule is CCN(C)NC(=O)c1ccc(NC(=O)Nc2ccccc2)cc1. The number of benzene rings is 2. The van der Waals surface area contributed by atoms with E-state index in [0.717, 1.165) is 0 Å². The Balaban J connectivity index is 1.92. The van der Waals surface area contributed by atoms with Crippen LogP contribution in [0.3, 0.4) is 0 Å². The van der Waals surface area contributed by atoms with Gasteiger partial charge in [0.2, 0.25) is 0 Å². The number of anilines is 2. The molecular weight excluding hydrogens is 292 g/mol. The zero-order chi connectivity index (χ0) is 16.7. The van der Waals surface area contributed by atoms with Crippen LogP contribution in [-0.2, 0) is 0 Å². The van der Waals surface area contributed by atoms with Crippen LogP contribution in [0.1, 0.15) is 17.3 Å². The average Bonchev–Trinajstić information content (AvgIpc) is 2.56. The third-order valence-electron chi connectivity index (χ3n) is 3.20. The van der Waals surface area contributed by atoms with E-state index < -0.39 is 0 Å². The molecule has 0 saturated heterocycles. The number of nitrogens with zero attached hydrogens (tertiary/aromatic N) is 1. The lowest BCUT2D eigenvalue weighted by Gasteiger charge is -2.15. The monoisotopic (exact) mass is 312 g/mol. The maximum atomic E-state index is 11.9. The van der Waals surface area contributed by atoms with E-state index in [9.17, 15) is 9.59 Å². The lowest BCUT2D eigenvalue weighted by molar-refractivity contribution is 0.0835. The van der Waals surface area contributed by atoms with Crippen LogP contribution < -0.4 is 16.1 Å². The van der Waals surface area contributed by atoms with Crippen molar-refractivity contribution >= 4 is 23.3 Å². The van der Waals surface area contributed by atoms with Gasteiger partial charge in [0.25, 0.3) is 5.91 Å². The summed E-state index contributed by atoms with van der Waals surface area (Å²) in [6.45, 7) is 2.66. The Morgan fingerprint density at radius 1 is 0.913 bits per heavy atom. The first-order chi connectivity index (χ1) is 11.1. The van der Waals surface area contributed by atoms with Crippen molar-refractivity contribution in [1.82, 2.24) is 10.4 Å². The first kappa shape index (κ1) is 16.5. The van der Waals surface area contributed by atoms with Gasteiger partial charge in [-0.25, -0.2) is 9.80 Å². The molecule has 0 bridgehead atoms. The molecule has 3 amide bonds. The highest BCUT2D eigenvalue weighted by Gasteiger charge is 2.08. The largest absolute Gasteiger partial charge is 0.323 e. The second kappa shape index (κ2) is 7.95. The van der Waals surface area contributed by atoms with Crippen LogP contribution in [0.4, 0.5) is 16.2 Å². The molecule has 0 aliphatic carbocycles. The fraction of sp³-hybridized carbons (Fsp3) is 0.176. The van der Waals surface area contributed by atoms with Crippen molar-refractivity contribution in [2.45, 2.75) is 6.92 Å². The van der Waals surface area contributed by atoms with Crippen LogP contribution in [0.2, 0.25) is 0 Å². The van der Waals surface area contributed by atoms with Gasteiger partial charge in [0, 0.05) is 30.5 Å². The fourth-order valence-electron chi connectivity index (χ4n) is 1.84. The predicted molar refractivity (Wildman–Crippen MR) is 91.3 cm³/mol. The van der Waals surface area contributed by atoms with Crippen LogP contribution in [0, 0.1) is 0 Å². The molecule has 0 fully saturated rings. The number of carbonyl (C=O) groups is 2. The predicted octanol–water partition coefficient (Wildman–Crippen LogP) is 2.93. The van der Waals surface area contributed by atoms with E-state index in [1.807, 2.05) is 25.1 Å². The molecule has 0 aromatic heterocycles. The molecule has 6 heteroatoms. The molecule has 0 saturated carbocycles. The Morgan fingerprint density at radius 2 is 1.48 bits per heavy atom. The first-order valence-corrected chi connectivity index (χ1v) is 7.33. The molecule has 6 nitrogen and oxygen atoms in total. The fourth-order valence-corrected chi connectivity index (χ4v) is 1.84. The standard InChI is InChI=1S/C17H20N4O2/c1-3-21(2)20-16(22)13-9-11-15(12-10-13)19-17(23)18-14-7-5-4-6-8-14/h4-12H,3H2,1-2H3,(H,20,22)(H2,18,19,23). The third-order valence-corrected chi connectivity index (χ3v) is 3.20. The van der Waals surface area contributed by atoms with Gasteiger partial charge in [0.15, 0.2) is 0 Å². The summed E-state index contributed by atoms with van der Waals surface area (Å²) in [5.74, 6) is -0.186. The molecule has 0 spiro atoms. The second-order valence-electron chi connectivity index (χ2n) is 4.98. The van der Waals surface area contributed by atoms with Crippen molar-refractivity contribution in [3.63, 3.8) is 0 Å². The Labute approximate surface area is 135 Å². The zero-order valence-electron chi connectivity index (χ0n) is 13.2. The van der Waals surface area contributed by atoms with Gasteiger partial charge in [0.1, 0.15) is 0 Å². The second-order valence-corrected chi connectivity index (χ2v) is 4.98. The van der Waals surface area contributed by atoms with Crippen molar-refractivity contribution in [2.24, 2.45) is 0 Å². The van der Waals surface area contributed by atoms with E-state index in [4.69, 9.17) is 0 Å². The highest BCUT2D eigenvalue weighted by Crippen LogP contribution is 2.11. The number of hydrazine groups is 1. The molecule has 2 aromatic rings. The van der Waals surface area contributed by atoms with Gasteiger partial charge in [-0.15, -0.1) is 0 Å². The molecule has 120 valence electrons. The summed E-state index contributed by atoms with van der Waals surface area (Å²) >= 11 is 0. The molecule has 3 N–H and O–H groups in total. The zero-order valence-corrected chi connectivity index (χ0v) is 13.2. The maximum Gasteiger partial charge on any atom is 0.323 e. The highest BCUT2D eigenvalue weighted by molar-refractivity contribution is 6.00. The average molecular weight is 312 g/mol. The summed E-state index contributed by atoms with van der Waals surface area (Å²) in [6, 6.07) is 15.5.